The maximum atomic E-state index is 10.3. The quantitative estimate of drug-likeness (QED) is 0.490. The predicted molar refractivity (Wildman–Crippen MR) is 30.9 cm³/mol. The van der Waals surface area contributed by atoms with Crippen LogP contribution in [0.2, 0.25) is 0 Å². The normalized spacial score (nSPS) is 15.0. The summed E-state index contributed by atoms with van der Waals surface area (Å²) in [6.45, 7) is 3.91. The number of rotatable bonds is 2. The Morgan fingerprint density at radius 2 is 2.14 bits per heavy atom. The zero-order valence-electron chi connectivity index (χ0n) is 5.14. The number of hydroxylamine groups is 2. The van der Waals surface area contributed by atoms with Crippen molar-refractivity contribution in [1.29, 1.82) is 0 Å². The van der Waals surface area contributed by atoms with Gasteiger partial charge in [-0.3, -0.25) is 0 Å². The van der Waals surface area contributed by atoms with Crippen LogP contribution in [0.4, 0.5) is 0 Å². The minimum absolute atomic E-state index is 0.181. The summed E-state index contributed by atoms with van der Waals surface area (Å²) in [5, 5.41) is 11.3. The van der Waals surface area contributed by atoms with Crippen LogP contribution in [0.5, 0.6) is 0 Å². The van der Waals surface area contributed by atoms with Crippen molar-refractivity contribution in [3.8, 4) is 0 Å². The van der Waals surface area contributed by atoms with Crippen LogP contribution >= 0.6 is 0 Å². The Hall–Kier alpha value is -0.0800. The predicted octanol–water partition coefficient (Wildman–Crippen LogP) is 1.21. The van der Waals surface area contributed by atoms with Gasteiger partial charge in [0.2, 0.25) is 0 Å². The molecule has 0 amide bonds. The zero-order chi connectivity index (χ0) is 5.86. The Morgan fingerprint density at radius 3 is 2.14 bits per heavy atom. The van der Waals surface area contributed by atoms with E-state index in [0.717, 1.165) is 11.5 Å². The topological polar surface area (TPSA) is 26.3 Å². The first-order valence-electron chi connectivity index (χ1n) is 2.58. The average molecular weight is 102 g/mol. The van der Waals surface area contributed by atoms with Crippen LogP contribution in [0.1, 0.15) is 20.3 Å². The van der Waals surface area contributed by atoms with Crippen molar-refractivity contribution in [3.05, 3.63) is 5.21 Å². The van der Waals surface area contributed by atoms with Crippen LogP contribution in [0.25, 0.3) is 0 Å². The molecular formula is C5H12NO-. The van der Waals surface area contributed by atoms with Crippen molar-refractivity contribution >= 4 is 0 Å². The van der Waals surface area contributed by atoms with E-state index in [0.29, 0.717) is 0 Å². The molecule has 0 aromatic carbocycles. The zero-order valence-corrected chi connectivity index (χ0v) is 5.14. The number of hydrogen-bond acceptors (Lipinski definition) is 2. The summed E-state index contributed by atoms with van der Waals surface area (Å²) in [7, 11) is 1.55. The van der Waals surface area contributed by atoms with E-state index in [1.54, 1.807) is 7.05 Å². The van der Waals surface area contributed by atoms with Gasteiger partial charge in [0.05, 0.1) is 0 Å². The molecule has 0 aromatic rings. The van der Waals surface area contributed by atoms with Gasteiger partial charge in [0.1, 0.15) is 0 Å². The average Bonchev–Trinajstić information content (AvgIpc) is 1.65. The lowest BCUT2D eigenvalue weighted by Crippen LogP contribution is -2.21. The number of nitrogens with zero attached hydrogens (tertiary/aromatic N) is 1. The molecule has 0 radical (unpaired) electrons. The molecule has 44 valence electrons. The molecule has 0 N–H and O–H groups in total. The first-order chi connectivity index (χ1) is 3.18. The van der Waals surface area contributed by atoms with E-state index < -0.39 is 0 Å². The largest absolute Gasteiger partial charge is 0.785 e. The molecule has 7 heavy (non-hydrogen) atoms. The van der Waals surface area contributed by atoms with Gasteiger partial charge in [-0.2, -0.15) is 0 Å². The van der Waals surface area contributed by atoms with Crippen molar-refractivity contribution in [3.63, 3.8) is 0 Å². The summed E-state index contributed by atoms with van der Waals surface area (Å²) in [6, 6.07) is 0.181. The van der Waals surface area contributed by atoms with Gasteiger partial charge in [0.25, 0.3) is 0 Å². The molecule has 0 aliphatic rings. The maximum Gasteiger partial charge on any atom is -0.00597 e. The van der Waals surface area contributed by atoms with Gasteiger partial charge >= 0.3 is 0 Å². The van der Waals surface area contributed by atoms with Crippen molar-refractivity contribution in [1.82, 2.24) is 5.06 Å². The van der Waals surface area contributed by atoms with Crippen LogP contribution < -0.4 is 0 Å². The molecule has 0 aliphatic heterocycles. The SMILES string of the molecule is CC[C@@H](C)N(C)[O-]. The van der Waals surface area contributed by atoms with Crippen LogP contribution in [-0.2, 0) is 0 Å². The van der Waals surface area contributed by atoms with Crippen molar-refractivity contribution in [2.45, 2.75) is 26.3 Å². The van der Waals surface area contributed by atoms with Gasteiger partial charge in [-0.05, 0) is 19.5 Å². The first kappa shape index (κ1) is 6.92. The Bertz CT molecular complexity index is 45.3. The highest BCUT2D eigenvalue weighted by molar-refractivity contribution is 4.58. The van der Waals surface area contributed by atoms with Gasteiger partial charge in [0.15, 0.2) is 0 Å². The van der Waals surface area contributed by atoms with Crippen LogP contribution in [0.15, 0.2) is 0 Å². The first-order valence-corrected chi connectivity index (χ1v) is 2.58. The Balaban J connectivity index is 3.14. The van der Waals surface area contributed by atoms with Crippen LogP contribution in [0, 0.1) is 5.21 Å². The van der Waals surface area contributed by atoms with E-state index in [9.17, 15) is 5.21 Å². The summed E-state index contributed by atoms with van der Waals surface area (Å²) in [6.07, 6.45) is 0.931. The van der Waals surface area contributed by atoms with Gasteiger partial charge < -0.3 is 10.3 Å². The molecule has 0 saturated carbocycles. The minimum Gasteiger partial charge on any atom is -0.785 e. The minimum atomic E-state index is 0.181. The Kier molecular flexibility index (Phi) is 2.96. The van der Waals surface area contributed by atoms with E-state index in [2.05, 4.69) is 0 Å². The number of hydrogen-bond donors (Lipinski definition) is 0. The highest BCUT2D eigenvalue weighted by atomic mass is 16.5. The van der Waals surface area contributed by atoms with Gasteiger partial charge in [-0.1, -0.05) is 13.8 Å². The molecule has 0 rings (SSSR count). The molecule has 0 saturated heterocycles. The summed E-state index contributed by atoms with van der Waals surface area (Å²) in [4.78, 5) is 0. The fourth-order valence-corrected chi connectivity index (χ4v) is 0.257. The second-order valence-corrected chi connectivity index (χ2v) is 1.80. The Morgan fingerprint density at radius 1 is 1.71 bits per heavy atom. The fraction of sp³-hybridized carbons (Fsp3) is 1.00. The summed E-state index contributed by atoms with van der Waals surface area (Å²) in [5.74, 6) is 0. The van der Waals surface area contributed by atoms with Crippen molar-refractivity contribution in [2.75, 3.05) is 7.05 Å². The van der Waals surface area contributed by atoms with Crippen molar-refractivity contribution < 1.29 is 0 Å². The molecule has 0 fully saturated rings. The van der Waals surface area contributed by atoms with Gasteiger partial charge in [-0.15, -0.1) is 0 Å². The third kappa shape index (κ3) is 2.60. The second-order valence-electron chi connectivity index (χ2n) is 1.80. The molecular weight excluding hydrogens is 90.1 g/mol. The lowest BCUT2D eigenvalue weighted by Gasteiger charge is -2.28. The molecule has 0 spiro atoms. The van der Waals surface area contributed by atoms with E-state index in [-0.39, 0.29) is 6.04 Å². The van der Waals surface area contributed by atoms with Gasteiger partial charge in [0, 0.05) is 0 Å². The smallest absolute Gasteiger partial charge is 0.00597 e. The highest BCUT2D eigenvalue weighted by Gasteiger charge is 1.91. The third-order valence-corrected chi connectivity index (χ3v) is 1.21. The lowest BCUT2D eigenvalue weighted by atomic mass is 10.3. The molecule has 0 unspecified atom stereocenters. The molecule has 1 atom stereocenters. The van der Waals surface area contributed by atoms with E-state index >= 15 is 0 Å². The van der Waals surface area contributed by atoms with Gasteiger partial charge in [-0.25, -0.2) is 0 Å². The maximum absolute atomic E-state index is 10.3. The molecule has 0 bridgehead atoms. The van der Waals surface area contributed by atoms with Crippen molar-refractivity contribution in [2.24, 2.45) is 0 Å². The standard InChI is InChI=1S/C5H12NO/c1-4-5(2)6(3)7/h5H,4H2,1-3H3/q-1/t5-/m1/s1. The van der Waals surface area contributed by atoms with E-state index in [1.807, 2.05) is 13.8 Å². The molecule has 0 aromatic heterocycles. The summed E-state index contributed by atoms with van der Waals surface area (Å²) < 4.78 is 0. The fourth-order valence-electron chi connectivity index (χ4n) is 0.257. The van der Waals surface area contributed by atoms with E-state index in [1.165, 1.54) is 0 Å². The monoisotopic (exact) mass is 102 g/mol. The second kappa shape index (κ2) is 2.99. The summed E-state index contributed by atoms with van der Waals surface area (Å²) in [5.41, 5.74) is 0. The van der Waals surface area contributed by atoms with Crippen LogP contribution in [0.3, 0.4) is 0 Å². The lowest BCUT2D eigenvalue weighted by molar-refractivity contribution is 0.345. The molecule has 0 aliphatic carbocycles. The summed E-state index contributed by atoms with van der Waals surface area (Å²) >= 11 is 0. The highest BCUT2D eigenvalue weighted by Crippen LogP contribution is 1.95. The third-order valence-electron chi connectivity index (χ3n) is 1.21. The molecule has 0 heterocycles. The Labute approximate surface area is 44.7 Å². The van der Waals surface area contributed by atoms with E-state index in [4.69, 9.17) is 0 Å². The molecule has 2 heteroatoms. The molecule has 2 nitrogen and oxygen atoms in total. The van der Waals surface area contributed by atoms with Crippen LogP contribution in [-0.4, -0.2) is 18.2 Å².